The number of aromatic amines is 1. The molecular weight excluding hydrogens is 1120 g/mol. The fourth-order valence-electron chi connectivity index (χ4n) is 6.70. The molecule has 0 saturated carbocycles. The Morgan fingerprint density at radius 1 is 0.731 bits per heavy atom. The molecule has 0 atom stereocenters. The van der Waals surface area contributed by atoms with Crippen molar-refractivity contribution in [3.05, 3.63) is 123 Å². The van der Waals surface area contributed by atoms with Crippen molar-refractivity contribution in [3.63, 3.8) is 0 Å². The number of nitro benzene ring substituents is 1. The van der Waals surface area contributed by atoms with Crippen molar-refractivity contribution in [1.82, 2.24) is 9.78 Å². The Bertz CT molecular complexity index is 3800. The Kier molecular flexibility index (Phi) is 18.5. The fraction of sp³-hybridized carbons (Fsp3) is 0.0952. The summed E-state index contributed by atoms with van der Waals surface area (Å²) in [6, 6.07) is 18.8. The van der Waals surface area contributed by atoms with Crippen LogP contribution >= 0.6 is 24.1 Å². The highest BCUT2D eigenvalue weighted by atomic mass is 32.2. The number of benzene rings is 6. The van der Waals surface area contributed by atoms with Crippen molar-refractivity contribution in [2.75, 3.05) is 31.7 Å². The molecule has 0 radical (unpaired) electrons. The number of fused-ring (bicyclic) bond motifs is 1. The Balaban J connectivity index is 1.22. The van der Waals surface area contributed by atoms with E-state index < -0.39 is 88.2 Å². The van der Waals surface area contributed by atoms with Gasteiger partial charge in [0.1, 0.15) is 58.0 Å². The van der Waals surface area contributed by atoms with Crippen molar-refractivity contribution in [2.45, 2.75) is 19.6 Å². The minimum atomic E-state index is -5.08. The Morgan fingerprint density at radius 2 is 1.36 bits per heavy atom. The number of phenolic OH excluding ortho intramolecular Hbond substituents is 1. The first-order chi connectivity index (χ1) is 37.2. The molecule has 36 heteroatoms. The number of aliphatic hydroxyl groups is 2. The third-order valence-corrected chi connectivity index (χ3v) is 13.0. The Labute approximate surface area is 443 Å². The molecule has 0 bridgehead atoms. The highest BCUT2D eigenvalue weighted by Crippen LogP contribution is 2.47. The SMILES string of the molecule is O=C(O)c1[nH]n(-c2ccc(S(=O)(=O)O)cc2)c(=O)c1N=Nc1ccc2c(O)c(N=Nc3cc(OCCO)c(N=Nc4ccc(Nc5ccc(SOOO)cc5[N+](=O)[O-])cc4S(=O)(=O)O)cc3OCCO)c(SOOO)cc2c1. The average molecular weight is 1160 g/mol. The van der Waals surface area contributed by atoms with Crippen LogP contribution < -0.4 is 20.3 Å². The second-order valence-corrected chi connectivity index (χ2v) is 19.3. The van der Waals surface area contributed by atoms with E-state index in [1.54, 1.807) is 0 Å². The fourth-order valence-corrected chi connectivity index (χ4v) is 8.72. The normalized spacial score (nSPS) is 12.1. The van der Waals surface area contributed by atoms with E-state index in [4.69, 9.17) is 20.0 Å². The molecule has 0 aliphatic carbocycles. The summed E-state index contributed by atoms with van der Waals surface area (Å²) in [6.45, 7) is -1.76. The molecule has 0 amide bonds. The number of aromatic nitrogens is 2. The predicted molar refractivity (Wildman–Crippen MR) is 267 cm³/mol. The zero-order valence-corrected chi connectivity index (χ0v) is 41.8. The summed E-state index contributed by atoms with van der Waals surface area (Å²) in [7, 11) is -9.66. The summed E-state index contributed by atoms with van der Waals surface area (Å²) >= 11 is 0.781. The first-order valence-electron chi connectivity index (χ1n) is 21.1. The topological polar surface area (TPSA) is 470 Å². The zero-order chi connectivity index (χ0) is 56.3. The number of aromatic hydroxyl groups is 1. The van der Waals surface area contributed by atoms with Gasteiger partial charge in [0.2, 0.25) is 0 Å². The predicted octanol–water partition coefficient (Wildman–Crippen LogP) is 8.71. The molecule has 0 fully saturated rings. The monoisotopic (exact) mass is 1160 g/mol. The third kappa shape index (κ3) is 13.8. The van der Waals surface area contributed by atoms with Gasteiger partial charge >= 0.3 is 5.97 Å². The van der Waals surface area contributed by atoms with Gasteiger partial charge in [-0.25, -0.2) is 20.0 Å². The van der Waals surface area contributed by atoms with Crippen molar-refractivity contribution in [2.24, 2.45) is 30.7 Å². The summed E-state index contributed by atoms with van der Waals surface area (Å²) in [5.41, 5.74) is -4.25. The van der Waals surface area contributed by atoms with Gasteiger partial charge in [0.25, 0.3) is 31.5 Å². The van der Waals surface area contributed by atoms with Crippen LogP contribution in [-0.4, -0.2) is 104 Å². The highest BCUT2D eigenvalue weighted by Gasteiger charge is 2.24. The van der Waals surface area contributed by atoms with Crippen LogP contribution in [0.5, 0.6) is 17.2 Å². The third-order valence-electron chi connectivity index (χ3n) is 10.0. The maximum Gasteiger partial charge on any atom is 0.356 e. The highest BCUT2D eigenvalue weighted by molar-refractivity contribution is 7.95. The number of rotatable bonds is 25. The van der Waals surface area contributed by atoms with Crippen molar-refractivity contribution < 1.29 is 94.8 Å². The molecule has 0 aliphatic rings. The molecule has 1 aromatic heterocycles. The molecule has 78 heavy (non-hydrogen) atoms. The number of hydrogen-bond acceptors (Lipinski definition) is 28. The number of azo groups is 3. The van der Waals surface area contributed by atoms with Crippen LogP contribution in [0.2, 0.25) is 0 Å². The van der Waals surface area contributed by atoms with Crippen LogP contribution in [0, 0.1) is 10.1 Å². The van der Waals surface area contributed by atoms with E-state index in [9.17, 15) is 66.1 Å². The van der Waals surface area contributed by atoms with Crippen LogP contribution in [0.25, 0.3) is 16.5 Å². The minimum absolute atomic E-state index is 0.00306. The number of nitrogens with zero attached hydrogens (tertiary/aromatic N) is 8. The van der Waals surface area contributed by atoms with Gasteiger partial charge in [-0.05, 0) is 84.2 Å². The van der Waals surface area contributed by atoms with Crippen molar-refractivity contribution in [3.8, 4) is 22.9 Å². The molecule has 1 heterocycles. The Hall–Kier alpha value is -8.34. The summed E-state index contributed by atoms with van der Waals surface area (Å²) in [4.78, 5) is 35.2. The lowest BCUT2D eigenvalue weighted by atomic mass is 10.1. The number of H-pyrrole nitrogens is 1. The molecule has 0 spiro atoms. The largest absolute Gasteiger partial charge is 0.505 e. The summed E-state index contributed by atoms with van der Waals surface area (Å²) < 4.78 is 88.7. The number of ether oxygens (including phenoxy) is 2. The van der Waals surface area contributed by atoms with Crippen molar-refractivity contribution >= 4 is 112 Å². The number of aliphatic hydroxyl groups excluding tert-OH is 2. The Morgan fingerprint density at radius 3 is 1.96 bits per heavy atom. The second-order valence-electron chi connectivity index (χ2n) is 14.9. The van der Waals surface area contributed by atoms with Gasteiger partial charge in [0.05, 0.1) is 63.4 Å². The number of aromatic carboxylic acids is 1. The van der Waals surface area contributed by atoms with Gasteiger partial charge in [0, 0.05) is 34.2 Å². The summed E-state index contributed by atoms with van der Waals surface area (Å²) in [6.07, 6.45) is 0. The molecule has 6 aromatic carbocycles. The van der Waals surface area contributed by atoms with Crippen molar-refractivity contribution in [1.29, 1.82) is 0 Å². The van der Waals surface area contributed by atoms with Gasteiger partial charge in [-0.15, -0.1) is 34.2 Å². The number of nitro groups is 1. The molecule has 7 rings (SSSR count). The molecule has 0 unspecified atom stereocenters. The number of carboxylic acids is 1. The number of carbonyl (C=O) groups is 1. The van der Waals surface area contributed by atoms with Crippen LogP contribution in [-0.2, 0) is 39.0 Å². The lowest BCUT2D eigenvalue weighted by molar-refractivity contribution is -0.432. The van der Waals surface area contributed by atoms with Crippen LogP contribution in [0.1, 0.15) is 10.5 Å². The molecule has 10 N–H and O–H groups in total. The number of anilines is 2. The van der Waals surface area contributed by atoms with Gasteiger partial charge in [-0.3, -0.25) is 29.1 Å². The van der Waals surface area contributed by atoms with Crippen LogP contribution in [0.3, 0.4) is 0 Å². The number of nitrogens with one attached hydrogen (secondary N) is 2. The first kappa shape index (κ1) is 57.4. The van der Waals surface area contributed by atoms with Crippen LogP contribution in [0.15, 0.2) is 152 Å². The molecule has 0 saturated heterocycles. The molecule has 0 aliphatic heterocycles. The summed E-state index contributed by atoms with van der Waals surface area (Å²) in [5.74, 6) is -2.53. The smallest absolute Gasteiger partial charge is 0.356 e. The van der Waals surface area contributed by atoms with E-state index in [1.165, 1.54) is 54.6 Å². The van der Waals surface area contributed by atoms with E-state index in [0.717, 1.165) is 47.1 Å². The van der Waals surface area contributed by atoms with Crippen LogP contribution in [0.4, 0.5) is 51.2 Å². The van der Waals surface area contributed by atoms with E-state index in [0.29, 0.717) is 24.1 Å². The average Bonchev–Trinajstić information content (AvgIpc) is 3.85. The second kappa shape index (κ2) is 25.2. The lowest BCUT2D eigenvalue weighted by Crippen LogP contribution is -2.14. The maximum absolute atomic E-state index is 13.3. The number of hydrogen-bond donors (Lipinski definition) is 10. The van der Waals surface area contributed by atoms with Gasteiger partial charge in [-0.1, -0.05) is 10.1 Å². The first-order valence-corrected chi connectivity index (χ1v) is 25.4. The van der Waals surface area contributed by atoms with Gasteiger partial charge in [0.15, 0.2) is 17.1 Å². The molecular formula is C42H34N10O22S4. The molecule has 7 aromatic rings. The van der Waals surface area contributed by atoms with E-state index in [-0.39, 0.29) is 85.1 Å². The van der Waals surface area contributed by atoms with E-state index in [1.807, 2.05) is 0 Å². The quantitative estimate of drug-likeness (QED) is 0.00638. The van der Waals surface area contributed by atoms with Gasteiger partial charge < -0.3 is 35.2 Å². The zero-order valence-electron chi connectivity index (χ0n) is 38.6. The maximum atomic E-state index is 13.3. The van der Waals surface area contributed by atoms with E-state index >= 15 is 0 Å². The van der Waals surface area contributed by atoms with E-state index in [2.05, 4.69) is 59.8 Å². The lowest BCUT2D eigenvalue weighted by Gasteiger charge is -2.13. The molecule has 408 valence electrons. The number of carboxylic acid groups (broad SMARTS) is 1. The summed E-state index contributed by atoms with van der Waals surface area (Å²) in [5, 5.41) is 107. The van der Waals surface area contributed by atoms with Gasteiger partial charge in [-0.2, -0.15) is 21.9 Å². The number of phenols is 1. The minimum Gasteiger partial charge on any atom is -0.505 e. The molecule has 32 nitrogen and oxygen atoms in total. The standard InChI is InChI=1S/C42H34N10O22S4/c53-11-13-69-33-20-31(34(70-14-12-54)19-30(33)46-45-29-9-2-22(17-36(29)78(66,67)68)43-28-10-5-25(75-73-71-61)18-32(28)52(59)60)47-48-37-35(76-74-72-62)16-21-15-23(1-8-27(21)40(37)55)44-49-38-39(42(57)58)50-51(41(38)56)24-3-6-26(7-4-24)77(63,64)65/h1-10,15-20,43,50,53-55,61-62H,11-14H2,(H,57,58)(H,63,64,65)(H,66,67,68).